The van der Waals surface area contributed by atoms with Gasteiger partial charge in [-0.2, -0.15) is 0 Å². The summed E-state index contributed by atoms with van der Waals surface area (Å²) in [6.45, 7) is 1.65. The van der Waals surface area contributed by atoms with Crippen molar-refractivity contribution in [3.63, 3.8) is 0 Å². The molecule has 0 aliphatic rings. The molecule has 0 aliphatic heterocycles. The third-order valence-corrected chi connectivity index (χ3v) is 2.91. The van der Waals surface area contributed by atoms with E-state index in [9.17, 15) is 13.2 Å². The maximum absolute atomic E-state index is 13.6. The van der Waals surface area contributed by atoms with E-state index in [4.69, 9.17) is 11.6 Å². The molecule has 0 heterocycles. The van der Waals surface area contributed by atoms with Gasteiger partial charge >= 0.3 is 0 Å². The number of halogens is 4. The Morgan fingerprint density at radius 3 is 2.53 bits per heavy atom. The lowest BCUT2D eigenvalue weighted by molar-refractivity contribution is 0.494. The van der Waals surface area contributed by atoms with Gasteiger partial charge in [0.25, 0.3) is 0 Å². The molecule has 2 aromatic rings. The fourth-order valence-electron chi connectivity index (χ4n) is 1.82. The quantitative estimate of drug-likeness (QED) is 0.843. The maximum atomic E-state index is 13.6. The molecule has 0 amide bonds. The van der Waals surface area contributed by atoms with Crippen LogP contribution in [0.3, 0.4) is 0 Å². The van der Waals surface area contributed by atoms with Gasteiger partial charge < -0.3 is 5.32 Å². The van der Waals surface area contributed by atoms with Crippen LogP contribution in [0.25, 0.3) is 0 Å². The Labute approximate surface area is 114 Å². The molecule has 2 aromatic carbocycles. The summed E-state index contributed by atoms with van der Waals surface area (Å²) in [5, 5.41) is 3.11. The average molecular weight is 286 g/mol. The summed E-state index contributed by atoms with van der Waals surface area (Å²) in [5.74, 6) is -2.32. The molecule has 1 unspecified atom stereocenters. The monoisotopic (exact) mass is 285 g/mol. The minimum absolute atomic E-state index is 0.167. The number of anilines is 1. The van der Waals surface area contributed by atoms with Gasteiger partial charge in [-0.3, -0.25) is 0 Å². The molecule has 0 saturated heterocycles. The molecule has 100 valence electrons. The number of benzene rings is 2. The lowest BCUT2D eigenvalue weighted by Crippen LogP contribution is -2.09. The van der Waals surface area contributed by atoms with Crippen LogP contribution in [0.5, 0.6) is 0 Å². The SMILES string of the molecule is CC(Nc1cc(F)cc(Cl)c1)c1cccc(F)c1F. The third kappa shape index (κ3) is 3.20. The van der Waals surface area contributed by atoms with E-state index < -0.39 is 23.5 Å². The van der Waals surface area contributed by atoms with Gasteiger partial charge in [0, 0.05) is 16.3 Å². The topological polar surface area (TPSA) is 12.0 Å². The van der Waals surface area contributed by atoms with Crippen LogP contribution >= 0.6 is 11.6 Å². The maximum Gasteiger partial charge on any atom is 0.164 e. The molecule has 1 N–H and O–H groups in total. The van der Waals surface area contributed by atoms with Crippen molar-refractivity contribution < 1.29 is 13.2 Å². The second-order valence-electron chi connectivity index (χ2n) is 4.17. The molecule has 2 rings (SSSR count). The first-order valence-electron chi connectivity index (χ1n) is 5.64. The van der Waals surface area contributed by atoms with E-state index in [0.717, 1.165) is 6.07 Å². The van der Waals surface area contributed by atoms with E-state index in [1.54, 1.807) is 6.92 Å². The van der Waals surface area contributed by atoms with Crippen molar-refractivity contribution >= 4 is 17.3 Å². The Morgan fingerprint density at radius 2 is 1.84 bits per heavy atom. The van der Waals surface area contributed by atoms with Gasteiger partial charge in [0.2, 0.25) is 0 Å². The molecular formula is C14H11ClF3N. The van der Waals surface area contributed by atoms with Crippen molar-refractivity contribution in [1.82, 2.24) is 0 Å². The molecule has 1 nitrogen and oxygen atoms in total. The number of hydrogen-bond acceptors (Lipinski definition) is 1. The fraction of sp³-hybridized carbons (Fsp3) is 0.143. The van der Waals surface area contributed by atoms with Crippen LogP contribution < -0.4 is 5.32 Å². The largest absolute Gasteiger partial charge is 0.378 e. The Hall–Kier alpha value is -1.68. The predicted molar refractivity (Wildman–Crippen MR) is 69.8 cm³/mol. The second kappa shape index (κ2) is 5.53. The number of rotatable bonds is 3. The van der Waals surface area contributed by atoms with Gasteiger partial charge in [0.05, 0.1) is 6.04 Å². The Balaban J connectivity index is 2.25. The van der Waals surface area contributed by atoms with Crippen LogP contribution in [-0.2, 0) is 0 Å². The van der Waals surface area contributed by atoms with E-state index >= 15 is 0 Å². The van der Waals surface area contributed by atoms with E-state index in [0.29, 0.717) is 5.69 Å². The van der Waals surface area contributed by atoms with Crippen molar-refractivity contribution in [3.8, 4) is 0 Å². The zero-order valence-corrected chi connectivity index (χ0v) is 10.8. The first-order valence-corrected chi connectivity index (χ1v) is 6.01. The summed E-state index contributed by atoms with van der Waals surface area (Å²) in [7, 11) is 0. The summed E-state index contributed by atoms with van der Waals surface area (Å²) in [5.41, 5.74) is 0.571. The molecular weight excluding hydrogens is 275 g/mol. The number of nitrogens with one attached hydrogen (secondary N) is 1. The third-order valence-electron chi connectivity index (χ3n) is 2.69. The Bertz CT molecular complexity index is 581. The van der Waals surface area contributed by atoms with Crippen LogP contribution in [0.2, 0.25) is 5.02 Å². The van der Waals surface area contributed by atoms with Gasteiger partial charge in [-0.25, -0.2) is 13.2 Å². The summed E-state index contributed by atoms with van der Waals surface area (Å²) in [4.78, 5) is 0. The van der Waals surface area contributed by atoms with Gasteiger partial charge in [-0.1, -0.05) is 23.7 Å². The van der Waals surface area contributed by atoms with E-state index in [-0.39, 0.29) is 10.6 Å². The highest BCUT2D eigenvalue weighted by Crippen LogP contribution is 2.25. The Morgan fingerprint density at radius 1 is 1.11 bits per heavy atom. The molecule has 0 spiro atoms. The van der Waals surface area contributed by atoms with Crippen LogP contribution in [-0.4, -0.2) is 0 Å². The highest BCUT2D eigenvalue weighted by atomic mass is 35.5. The smallest absolute Gasteiger partial charge is 0.164 e. The molecule has 0 bridgehead atoms. The van der Waals surface area contributed by atoms with Crippen molar-refractivity contribution in [2.24, 2.45) is 0 Å². The summed E-state index contributed by atoms with van der Waals surface area (Å²) < 4.78 is 39.9. The second-order valence-corrected chi connectivity index (χ2v) is 4.60. The molecule has 0 aromatic heterocycles. The van der Waals surface area contributed by atoms with Gasteiger partial charge in [-0.05, 0) is 31.2 Å². The Kier molecular flexibility index (Phi) is 4.00. The summed E-state index contributed by atoms with van der Waals surface area (Å²) >= 11 is 5.72. The molecule has 0 fully saturated rings. The molecule has 0 saturated carbocycles. The lowest BCUT2D eigenvalue weighted by Gasteiger charge is -2.17. The zero-order chi connectivity index (χ0) is 14.0. The van der Waals surface area contributed by atoms with Crippen LogP contribution in [0.1, 0.15) is 18.5 Å². The van der Waals surface area contributed by atoms with Crippen molar-refractivity contribution in [2.75, 3.05) is 5.32 Å². The highest BCUT2D eigenvalue weighted by Gasteiger charge is 2.14. The predicted octanol–water partition coefficient (Wildman–Crippen LogP) is 4.93. The lowest BCUT2D eigenvalue weighted by atomic mass is 10.1. The normalized spacial score (nSPS) is 12.3. The van der Waals surface area contributed by atoms with Crippen LogP contribution in [0.15, 0.2) is 36.4 Å². The van der Waals surface area contributed by atoms with Crippen LogP contribution in [0, 0.1) is 17.5 Å². The van der Waals surface area contributed by atoms with Crippen LogP contribution in [0.4, 0.5) is 18.9 Å². The highest BCUT2D eigenvalue weighted by molar-refractivity contribution is 6.30. The molecule has 19 heavy (non-hydrogen) atoms. The fourth-order valence-corrected chi connectivity index (χ4v) is 2.04. The van der Waals surface area contributed by atoms with Crippen molar-refractivity contribution in [2.45, 2.75) is 13.0 Å². The standard InChI is InChI=1S/C14H11ClF3N/c1-8(12-3-2-4-13(17)14(12)18)19-11-6-9(15)5-10(16)7-11/h2-8,19H,1H3. The van der Waals surface area contributed by atoms with Crippen molar-refractivity contribution in [3.05, 3.63) is 64.4 Å². The average Bonchev–Trinajstić information content (AvgIpc) is 2.31. The molecule has 1 atom stereocenters. The number of hydrogen-bond donors (Lipinski definition) is 1. The first-order chi connectivity index (χ1) is 8.97. The first kappa shape index (κ1) is 13.7. The minimum Gasteiger partial charge on any atom is -0.378 e. The molecule has 0 aliphatic carbocycles. The summed E-state index contributed by atoms with van der Waals surface area (Å²) in [6.07, 6.45) is 0. The molecule has 0 radical (unpaired) electrons. The van der Waals surface area contributed by atoms with E-state index in [2.05, 4.69) is 5.32 Å². The zero-order valence-electron chi connectivity index (χ0n) is 10.1. The molecule has 5 heteroatoms. The van der Waals surface area contributed by atoms with Gasteiger partial charge in [0.1, 0.15) is 5.82 Å². The van der Waals surface area contributed by atoms with Gasteiger partial charge in [-0.15, -0.1) is 0 Å². The van der Waals surface area contributed by atoms with E-state index in [1.165, 1.54) is 30.3 Å². The van der Waals surface area contributed by atoms with Crippen molar-refractivity contribution in [1.29, 1.82) is 0 Å². The van der Waals surface area contributed by atoms with Gasteiger partial charge in [0.15, 0.2) is 11.6 Å². The summed E-state index contributed by atoms with van der Waals surface area (Å²) in [6, 6.07) is 7.33. The minimum atomic E-state index is -0.913. The van der Waals surface area contributed by atoms with E-state index in [1.807, 2.05) is 0 Å².